The van der Waals surface area contributed by atoms with Crippen LogP contribution in [0.3, 0.4) is 0 Å². The summed E-state index contributed by atoms with van der Waals surface area (Å²) in [5.74, 6) is 0. The van der Waals surface area contributed by atoms with Crippen LogP contribution in [0, 0.1) is 6.92 Å². The van der Waals surface area contributed by atoms with Crippen LogP contribution >= 0.6 is 11.6 Å². The SMILES string of the molecule is Cc1cc(-c2ccccc2-c2ccc(S(N)(=O)=O)cc2)ccc1Cl. The molecule has 0 unspecified atom stereocenters. The number of primary sulfonamides is 1. The zero-order chi connectivity index (χ0) is 17.3. The van der Waals surface area contributed by atoms with E-state index in [1.54, 1.807) is 12.1 Å². The lowest BCUT2D eigenvalue weighted by Crippen LogP contribution is -2.11. The smallest absolute Gasteiger partial charge is 0.225 e. The Kier molecular flexibility index (Phi) is 4.45. The maximum Gasteiger partial charge on any atom is 0.238 e. The Morgan fingerprint density at radius 3 is 1.92 bits per heavy atom. The van der Waals surface area contributed by atoms with E-state index in [2.05, 4.69) is 0 Å². The van der Waals surface area contributed by atoms with Gasteiger partial charge in [-0.1, -0.05) is 54.1 Å². The van der Waals surface area contributed by atoms with E-state index in [0.29, 0.717) is 0 Å². The first-order chi connectivity index (χ1) is 11.4. The van der Waals surface area contributed by atoms with Crippen molar-refractivity contribution in [2.24, 2.45) is 5.14 Å². The molecular weight excluding hydrogens is 342 g/mol. The minimum Gasteiger partial charge on any atom is -0.225 e. The molecule has 2 N–H and O–H groups in total. The van der Waals surface area contributed by atoms with Crippen LogP contribution in [0.2, 0.25) is 5.02 Å². The number of nitrogens with two attached hydrogens (primary N) is 1. The van der Waals surface area contributed by atoms with E-state index < -0.39 is 10.0 Å². The van der Waals surface area contributed by atoms with Crippen LogP contribution in [0.4, 0.5) is 0 Å². The lowest BCUT2D eigenvalue weighted by Gasteiger charge is -2.12. The molecule has 5 heteroatoms. The van der Waals surface area contributed by atoms with Crippen molar-refractivity contribution in [2.45, 2.75) is 11.8 Å². The first-order valence-corrected chi connectivity index (χ1v) is 9.27. The Morgan fingerprint density at radius 2 is 1.38 bits per heavy atom. The second kappa shape index (κ2) is 6.40. The van der Waals surface area contributed by atoms with E-state index in [1.807, 2.05) is 49.4 Å². The third-order valence-electron chi connectivity index (χ3n) is 3.89. The van der Waals surface area contributed by atoms with Crippen molar-refractivity contribution in [3.05, 3.63) is 77.3 Å². The van der Waals surface area contributed by atoms with Gasteiger partial charge < -0.3 is 0 Å². The summed E-state index contributed by atoms with van der Waals surface area (Å²) < 4.78 is 22.8. The Morgan fingerprint density at radius 1 is 0.833 bits per heavy atom. The van der Waals surface area contributed by atoms with Gasteiger partial charge in [-0.2, -0.15) is 0 Å². The summed E-state index contributed by atoms with van der Waals surface area (Å²) in [5.41, 5.74) is 5.06. The number of hydrogen-bond donors (Lipinski definition) is 1. The minimum atomic E-state index is -3.69. The fourth-order valence-corrected chi connectivity index (χ4v) is 3.26. The van der Waals surface area contributed by atoms with E-state index in [0.717, 1.165) is 32.8 Å². The van der Waals surface area contributed by atoms with E-state index in [-0.39, 0.29) is 4.90 Å². The molecule has 0 fully saturated rings. The maximum atomic E-state index is 11.4. The summed E-state index contributed by atoms with van der Waals surface area (Å²) in [4.78, 5) is 0.103. The van der Waals surface area contributed by atoms with Crippen molar-refractivity contribution < 1.29 is 8.42 Å². The molecule has 0 aromatic heterocycles. The van der Waals surface area contributed by atoms with Gasteiger partial charge in [0.25, 0.3) is 0 Å². The monoisotopic (exact) mass is 357 g/mol. The molecule has 0 aliphatic rings. The molecule has 0 radical (unpaired) electrons. The highest BCUT2D eigenvalue weighted by Gasteiger charge is 2.11. The van der Waals surface area contributed by atoms with E-state index in [4.69, 9.17) is 16.7 Å². The number of halogens is 1. The van der Waals surface area contributed by atoms with Crippen molar-refractivity contribution in [1.29, 1.82) is 0 Å². The highest BCUT2D eigenvalue weighted by molar-refractivity contribution is 7.89. The first kappa shape index (κ1) is 16.7. The van der Waals surface area contributed by atoms with Crippen LogP contribution in [0.25, 0.3) is 22.3 Å². The van der Waals surface area contributed by atoms with Gasteiger partial charge in [-0.15, -0.1) is 0 Å². The van der Waals surface area contributed by atoms with Crippen molar-refractivity contribution in [3.8, 4) is 22.3 Å². The molecule has 3 rings (SSSR count). The molecule has 0 saturated carbocycles. The number of hydrogen-bond acceptors (Lipinski definition) is 2. The Bertz CT molecular complexity index is 996. The number of benzene rings is 3. The highest BCUT2D eigenvalue weighted by atomic mass is 35.5. The number of rotatable bonds is 3. The fourth-order valence-electron chi connectivity index (χ4n) is 2.62. The predicted molar refractivity (Wildman–Crippen MR) is 98.4 cm³/mol. The summed E-state index contributed by atoms with van der Waals surface area (Å²) in [7, 11) is -3.69. The Hall–Kier alpha value is -2.14. The number of sulfonamides is 1. The van der Waals surface area contributed by atoms with Crippen molar-refractivity contribution in [1.82, 2.24) is 0 Å². The van der Waals surface area contributed by atoms with E-state index >= 15 is 0 Å². The van der Waals surface area contributed by atoms with Crippen LogP contribution in [-0.2, 0) is 10.0 Å². The van der Waals surface area contributed by atoms with Crippen LogP contribution < -0.4 is 5.14 Å². The fraction of sp³-hybridized carbons (Fsp3) is 0.0526. The highest BCUT2D eigenvalue weighted by Crippen LogP contribution is 2.33. The van der Waals surface area contributed by atoms with Crippen molar-refractivity contribution in [2.75, 3.05) is 0 Å². The van der Waals surface area contributed by atoms with Gasteiger partial charge in [0, 0.05) is 5.02 Å². The minimum absolute atomic E-state index is 0.103. The van der Waals surface area contributed by atoms with E-state index in [9.17, 15) is 8.42 Å². The van der Waals surface area contributed by atoms with Crippen molar-refractivity contribution in [3.63, 3.8) is 0 Å². The average Bonchev–Trinajstić information content (AvgIpc) is 2.57. The van der Waals surface area contributed by atoms with Crippen LogP contribution in [0.5, 0.6) is 0 Å². The van der Waals surface area contributed by atoms with Gasteiger partial charge in [0.1, 0.15) is 0 Å². The molecule has 0 amide bonds. The topological polar surface area (TPSA) is 60.2 Å². The molecule has 3 aromatic carbocycles. The van der Waals surface area contributed by atoms with Gasteiger partial charge in [-0.3, -0.25) is 0 Å². The maximum absolute atomic E-state index is 11.4. The molecule has 0 bridgehead atoms. The van der Waals surface area contributed by atoms with Gasteiger partial charge in [0.2, 0.25) is 10.0 Å². The second-order valence-corrected chi connectivity index (χ2v) is 7.55. The molecule has 0 heterocycles. The van der Waals surface area contributed by atoms with Crippen molar-refractivity contribution >= 4 is 21.6 Å². The third-order valence-corrected chi connectivity index (χ3v) is 5.24. The molecule has 3 aromatic rings. The quantitative estimate of drug-likeness (QED) is 0.742. The summed E-state index contributed by atoms with van der Waals surface area (Å²) in [6.45, 7) is 1.97. The zero-order valence-electron chi connectivity index (χ0n) is 13.0. The molecular formula is C19H16ClNO2S. The standard InChI is InChI=1S/C19H16ClNO2S/c1-13-12-15(8-11-19(13)20)18-5-3-2-4-17(18)14-6-9-16(10-7-14)24(21,22)23/h2-12H,1H3,(H2,21,22,23). The Labute approximate surface area is 146 Å². The second-order valence-electron chi connectivity index (χ2n) is 5.58. The normalized spacial score (nSPS) is 11.5. The summed E-state index contributed by atoms with van der Waals surface area (Å²) >= 11 is 6.12. The van der Waals surface area contributed by atoms with Gasteiger partial charge >= 0.3 is 0 Å². The Balaban J connectivity index is 2.11. The van der Waals surface area contributed by atoms with Gasteiger partial charge in [-0.05, 0) is 59.0 Å². The van der Waals surface area contributed by atoms with Crippen LogP contribution in [0.1, 0.15) is 5.56 Å². The van der Waals surface area contributed by atoms with Gasteiger partial charge in [0.05, 0.1) is 4.90 Å². The van der Waals surface area contributed by atoms with Gasteiger partial charge in [0.15, 0.2) is 0 Å². The summed E-state index contributed by atoms with van der Waals surface area (Å²) in [6.07, 6.45) is 0. The molecule has 0 aliphatic heterocycles. The average molecular weight is 358 g/mol. The van der Waals surface area contributed by atoms with Crippen LogP contribution in [-0.4, -0.2) is 8.42 Å². The first-order valence-electron chi connectivity index (χ1n) is 7.35. The molecule has 24 heavy (non-hydrogen) atoms. The molecule has 3 nitrogen and oxygen atoms in total. The van der Waals surface area contributed by atoms with E-state index in [1.165, 1.54) is 12.1 Å². The molecule has 0 spiro atoms. The summed E-state index contributed by atoms with van der Waals surface area (Å²) in [6, 6.07) is 20.4. The molecule has 0 saturated heterocycles. The van der Waals surface area contributed by atoms with Crippen LogP contribution in [0.15, 0.2) is 71.6 Å². The molecule has 122 valence electrons. The predicted octanol–water partition coefficient (Wildman–Crippen LogP) is 4.63. The third kappa shape index (κ3) is 3.36. The molecule has 0 aliphatic carbocycles. The lowest BCUT2D eigenvalue weighted by atomic mass is 9.94. The molecule has 0 atom stereocenters. The zero-order valence-corrected chi connectivity index (χ0v) is 14.6. The lowest BCUT2D eigenvalue weighted by molar-refractivity contribution is 0.598. The summed E-state index contributed by atoms with van der Waals surface area (Å²) in [5, 5.41) is 5.89. The largest absolute Gasteiger partial charge is 0.238 e. The number of aryl methyl sites for hydroxylation is 1. The van der Waals surface area contributed by atoms with Gasteiger partial charge in [-0.25, -0.2) is 13.6 Å².